The van der Waals surface area contributed by atoms with Crippen LogP contribution in [0.15, 0.2) is 24.5 Å². The number of hydrogen-bond acceptors (Lipinski definition) is 1. The zero-order valence-corrected chi connectivity index (χ0v) is 8.38. The molecule has 0 aromatic carbocycles. The summed E-state index contributed by atoms with van der Waals surface area (Å²) >= 11 is 0. The maximum Gasteiger partial charge on any atom is 0.0224 e. The second kappa shape index (κ2) is 5.60. The summed E-state index contributed by atoms with van der Waals surface area (Å²) < 4.78 is 0. The van der Waals surface area contributed by atoms with Gasteiger partial charge in [0.25, 0.3) is 0 Å². The quantitative estimate of drug-likeness (QED) is 0.712. The molecule has 1 rings (SSSR count). The van der Waals surface area contributed by atoms with Crippen molar-refractivity contribution < 1.29 is 0 Å². The Morgan fingerprint density at radius 1 is 1.62 bits per heavy atom. The molecule has 0 saturated carbocycles. The summed E-state index contributed by atoms with van der Waals surface area (Å²) in [6, 6.07) is 2.51. The van der Waals surface area contributed by atoms with Gasteiger partial charge in [-0.15, -0.1) is 0 Å². The second-order valence-corrected chi connectivity index (χ2v) is 3.25. The van der Waals surface area contributed by atoms with E-state index in [-0.39, 0.29) is 0 Å². The molecule has 72 valence electrons. The first kappa shape index (κ1) is 10.1. The highest BCUT2D eigenvalue weighted by atomic mass is 14.9. The van der Waals surface area contributed by atoms with Crippen molar-refractivity contribution >= 4 is 6.08 Å². The van der Waals surface area contributed by atoms with E-state index in [1.54, 1.807) is 0 Å². The molecule has 1 atom stereocenters. The Morgan fingerprint density at radius 3 is 3.08 bits per heavy atom. The van der Waals surface area contributed by atoms with Crippen LogP contribution in [0.5, 0.6) is 0 Å². The monoisotopic (exact) mass is 178 g/mol. The lowest BCUT2D eigenvalue weighted by atomic mass is 10.2. The van der Waals surface area contributed by atoms with E-state index in [4.69, 9.17) is 0 Å². The molecule has 0 saturated heterocycles. The van der Waals surface area contributed by atoms with Gasteiger partial charge < -0.3 is 10.3 Å². The van der Waals surface area contributed by atoms with Crippen LogP contribution in [0.25, 0.3) is 6.08 Å². The molecule has 0 bridgehead atoms. The third-order valence-electron chi connectivity index (χ3n) is 1.92. The molecular formula is C11H18N2. The van der Waals surface area contributed by atoms with Gasteiger partial charge in [-0.1, -0.05) is 19.1 Å². The van der Waals surface area contributed by atoms with Gasteiger partial charge >= 0.3 is 0 Å². The molecular weight excluding hydrogens is 160 g/mol. The predicted octanol–water partition coefficient (Wildman–Crippen LogP) is 2.42. The van der Waals surface area contributed by atoms with Crippen molar-refractivity contribution in [2.45, 2.75) is 26.3 Å². The molecule has 0 aliphatic heterocycles. The highest BCUT2D eigenvalue weighted by molar-refractivity contribution is 5.48. The third-order valence-corrected chi connectivity index (χ3v) is 1.92. The number of aromatic amines is 1. The fraction of sp³-hybridized carbons (Fsp3) is 0.455. The third kappa shape index (κ3) is 3.95. The van der Waals surface area contributed by atoms with Crippen molar-refractivity contribution in [3.05, 3.63) is 30.1 Å². The van der Waals surface area contributed by atoms with Gasteiger partial charge in [0.15, 0.2) is 0 Å². The Bertz CT molecular complexity index is 237. The number of H-pyrrole nitrogens is 1. The van der Waals surface area contributed by atoms with E-state index in [1.807, 2.05) is 12.4 Å². The Balaban J connectivity index is 2.31. The molecule has 0 radical (unpaired) electrons. The summed E-state index contributed by atoms with van der Waals surface area (Å²) in [4.78, 5) is 3.02. The Labute approximate surface area is 80.1 Å². The topological polar surface area (TPSA) is 27.8 Å². The lowest BCUT2D eigenvalue weighted by Gasteiger charge is -2.06. The van der Waals surface area contributed by atoms with Crippen molar-refractivity contribution in [2.75, 3.05) is 6.54 Å². The zero-order valence-electron chi connectivity index (χ0n) is 8.38. The highest BCUT2D eigenvalue weighted by Crippen LogP contribution is 2.00. The molecule has 1 aromatic heterocycles. The van der Waals surface area contributed by atoms with E-state index in [1.165, 1.54) is 12.0 Å². The van der Waals surface area contributed by atoms with Gasteiger partial charge in [0.05, 0.1) is 0 Å². The van der Waals surface area contributed by atoms with Crippen molar-refractivity contribution in [1.82, 2.24) is 10.3 Å². The summed E-state index contributed by atoms with van der Waals surface area (Å²) in [6.45, 7) is 5.42. The summed E-state index contributed by atoms with van der Waals surface area (Å²) in [6.07, 6.45) is 9.41. The number of aromatic nitrogens is 1. The smallest absolute Gasteiger partial charge is 0.0224 e. The van der Waals surface area contributed by atoms with Gasteiger partial charge in [-0.05, 0) is 31.5 Å². The van der Waals surface area contributed by atoms with Crippen molar-refractivity contribution in [3.63, 3.8) is 0 Å². The van der Waals surface area contributed by atoms with Crippen LogP contribution in [0.3, 0.4) is 0 Å². The first-order valence-electron chi connectivity index (χ1n) is 4.87. The maximum atomic E-state index is 3.40. The van der Waals surface area contributed by atoms with E-state index < -0.39 is 0 Å². The van der Waals surface area contributed by atoms with E-state index in [0.717, 1.165) is 6.54 Å². The Hall–Kier alpha value is -1.02. The maximum absolute atomic E-state index is 3.40. The number of rotatable bonds is 5. The average Bonchev–Trinajstić information content (AvgIpc) is 2.64. The Morgan fingerprint density at radius 2 is 2.46 bits per heavy atom. The molecule has 0 aliphatic rings. The van der Waals surface area contributed by atoms with Crippen LogP contribution in [-0.4, -0.2) is 17.6 Å². The van der Waals surface area contributed by atoms with Gasteiger partial charge in [-0.3, -0.25) is 0 Å². The SMILES string of the molecule is CCCNC(C)/C=C/c1cc[nH]c1. The first-order chi connectivity index (χ1) is 6.33. The molecule has 0 aliphatic carbocycles. The van der Waals surface area contributed by atoms with Crippen LogP contribution in [0.4, 0.5) is 0 Å². The minimum atomic E-state index is 0.454. The van der Waals surface area contributed by atoms with Crippen LogP contribution >= 0.6 is 0 Å². The van der Waals surface area contributed by atoms with Crippen molar-refractivity contribution in [1.29, 1.82) is 0 Å². The summed E-state index contributed by atoms with van der Waals surface area (Å²) in [5.74, 6) is 0. The highest BCUT2D eigenvalue weighted by Gasteiger charge is 1.93. The summed E-state index contributed by atoms with van der Waals surface area (Å²) in [5, 5.41) is 3.40. The lowest BCUT2D eigenvalue weighted by Crippen LogP contribution is -2.24. The normalized spacial score (nSPS) is 13.7. The van der Waals surface area contributed by atoms with E-state index in [0.29, 0.717) is 6.04 Å². The Kier molecular flexibility index (Phi) is 4.33. The molecule has 0 fully saturated rings. The largest absolute Gasteiger partial charge is 0.367 e. The van der Waals surface area contributed by atoms with Crippen LogP contribution in [-0.2, 0) is 0 Å². The predicted molar refractivity (Wildman–Crippen MR) is 57.6 cm³/mol. The lowest BCUT2D eigenvalue weighted by molar-refractivity contribution is 0.625. The fourth-order valence-corrected chi connectivity index (χ4v) is 1.14. The van der Waals surface area contributed by atoms with Gasteiger partial charge in [0.2, 0.25) is 0 Å². The molecule has 2 heteroatoms. The minimum Gasteiger partial charge on any atom is -0.367 e. The molecule has 1 aromatic rings. The summed E-state index contributed by atoms with van der Waals surface area (Å²) in [7, 11) is 0. The molecule has 2 nitrogen and oxygen atoms in total. The van der Waals surface area contributed by atoms with E-state index in [9.17, 15) is 0 Å². The fourth-order valence-electron chi connectivity index (χ4n) is 1.14. The first-order valence-corrected chi connectivity index (χ1v) is 4.87. The van der Waals surface area contributed by atoms with E-state index >= 15 is 0 Å². The van der Waals surface area contributed by atoms with Crippen LogP contribution in [0.1, 0.15) is 25.8 Å². The van der Waals surface area contributed by atoms with E-state index in [2.05, 4.69) is 42.4 Å². The van der Waals surface area contributed by atoms with Gasteiger partial charge in [-0.2, -0.15) is 0 Å². The molecule has 1 unspecified atom stereocenters. The minimum absolute atomic E-state index is 0.454. The zero-order chi connectivity index (χ0) is 9.52. The number of hydrogen-bond donors (Lipinski definition) is 2. The standard InChI is InChI=1S/C11H18N2/c1-3-7-13-10(2)4-5-11-6-8-12-9-11/h4-6,8-10,12-13H,3,7H2,1-2H3/b5-4+. The summed E-state index contributed by atoms with van der Waals surface area (Å²) in [5.41, 5.74) is 1.23. The molecule has 0 spiro atoms. The molecule has 0 amide bonds. The van der Waals surface area contributed by atoms with Gasteiger partial charge in [0.1, 0.15) is 0 Å². The van der Waals surface area contributed by atoms with Crippen LogP contribution in [0.2, 0.25) is 0 Å². The van der Waals surface area contributed by atoms with Gasteiger partial charge in [-0.25, -0.2) is 0 Å². The molecule has 2 N–H and O–H groups in total. The van der Waals surface area contributed by atoms with Crippen LogP contribution in [0, 0.1) is 0 Å². The van der Waals surface area contributed by atoms with Crippen molar-refractivity contribution in [2.24, 2.45) is 0 Å². The van der Waals surface area contributed by atoms with Crippen molar-refractivity contribution in [3.8, 4) is 0 Å². The number of nitrogens with one attached hydrogen (secondary N) is 2. The van der Waals surface area contributed by atoms with Gasteiger partial charge in [0, 0.05) is 18.4 Å². The van der Waals surface area contributed by atoms with Crippen LogP contribution < -0.4 is 5.32 Å². The second-order valence-electron chi connectivity index (χ2n) is 3.25. The average molecular weight is 178 g/mol. The molecule has 13 heavy (non-hydrogen) atoms. The molecule has 1 heterocycles.